The van der Waals surface area contributed by atoms with Crippen molar-refractivity contribution in [1.82, 2.24) is 9.88 Å². The minimum absolute atomic E-state index is 0.359. The van der Waals surface area contributed by atoms with E-state index in [0.717, 1.165) is 6.20 Å². The van der Waals surface area contributed by atoms with Crippen molar-refractivity contribution >= 4 is 5.97 Å². The third kappa shape index (κ3) is 3.28. The highest BCUT2D eigenvalue weighted by Crippen LogP contribution is 2.06. The van der Waals surface area contributed by atoms with Crippen LogP contribution in [0, 0.1) is 5.82 Å². The van der Waals surface area contributed by atoms with Crippen molar-refractivity contribution in [3.8, 4) is 0 Å². The maximum Gasteiger partial charge on any atom is 0.320 e. The Balaban J connectivity index is 2.66. The summed E-state index contributed by atoms with van der Waals surface area (Å²) >= 11 is 0. The summed E-state index contributed by atoms with van der Waals surface area (Å²) in [4.78, 5) is 16.0. The summed E-state index contributed by atoms with van der Waals surface area (Å²) in [7, 11) is 1.67. The fourth-order valence-electron chi connectivity index (χ4n) is 1.16. The standard InChI is InChI=1S/C10H13FN2O2/c1-7(10(14)15)13(2)6-8-3-9(11)5-12-4-8/h3-5,7H,6H2,1-2H3,(H,14,15). The number of hydrogen-bond acceptors (Lipinski definition) is 3. The fourth-order valence-corrected chi connectivity index (χ4v) is 1.16. The number of pyridine rings is 1. The van der Waals surface area contributed by atoms with Crippen molar-refractivity contribution in [2.45, 2.75) is 19.5 Å². The van der Waals surface area contributed by atoms with E-state index < -0.39 is 17.8 Å². The lowest BCUT2D eigenvalue weighted by atomic mass is 10.2. The molecular formula is C10H13FN2O2. The molecule has 1 aromatic rings. The maximum absolute atomic E-state index is 12.8. The minimum Gasteiger partial charge on any atom is -0.480 e. The molecule has 1 aromatic heterocycles. The number of likely N-dealkylation sites (N-methyl/N-ethyl adjacent to an activating group) is 1. The normalized spacial score (nSPS) is 12.8. The van der Waals surface area contributed by atoms with E-state index in [1.54, 1.807) is 18.9 Å². The van der Waals surface area contributed by atoms with Gasteiger partial charge in [0.2, 0.25) is 0 Å². The maximum atomic E-state index is 12.8. The van der Waals surface area contributed by atoms with E-state index in [2.05, 4.69) is 4.98 Å². The van der Waals surface area contributed by atoms with Crippen LogP contribution in [0.5, 0.6) is 0 Å². The molecule has 1 rings (SSSR count). The van der Waals surface area contributed by atoms with Gasteiger partial charge in [-0.25, -0.2) is 4.39 Å². The molecule has 0 aliphatic heterocycles. The number of aliphatic carboxylic acids is 1. The van der Waals surface area contributed by atoms with Crippen LogP contribution in [0.4, 0.5) is 4.39 Å². The van der Waals surface area contributed by atoms with Gasteiger partial charge in [-0.15, -0.1) is 0 Å². The predicted octanol–water partition coefficient (Wildman–Crippen LogP) is 1.13. The smallest absolute Gasteiger partial charge is 0.320 e. The third-order valence-corrected chi connectivity index (χ3v) is 2.21. The zero-order valence-corrected chi connectivity index (χ0v) is 8.64. The number of carboxylic acid groups (broad SMARTS) is 1. The zero-order valence-electron chi connectivity index (χ0n) is 8.64. The summed E-state index contributed by atoms with van der Waals surface area (Å²) < 4.78 is 12.8. The van der Waals surface area contributed by atoms with Crippen LogP contribution >= 0.6 is 0 Å². The van der Waals surface area contributed by atoms with E-state index >= 15 is 0 Å². The van der Waals surface area contributed by atoms with Gasteiger partial charge in [0.15, 0.2) is 0 Å². The third-order valence-electron chi connectivity index (χ3n) is 2.21. The second-order valence-electron chi connectivity index (χ2n) is 3.44. The van der Waals surface area contributed by atoms with Gasteiger partial charge in [0, 0.05) is 12.7 Å². The lowest BCUT2D eigenvalue weighted by molar-refractivity contribution is -0.142. The van der Waals surface area contributed by atoms with Crippen LogP contribution in [0.15, 0.2) is 18.5 Å². The molecule has 0 aliphatic carbocycles. The molecule has 0 amide bonds. The van der Waals surface area contributed by atoms with Crippen LogP contribution in [0.25, 0.3) is 0 Å². The molecule has 4 nitrogen and oxygen atoms in total. The van der Waals surface area contributed by atoms with Gasteiger partial charge in [-0.2, -0.15) is 0 Å². The Morgan fingerprint density at radius 1 is 1.67 bits per heavy atom. The number of nitrogens with zero attached hydrogens (tertiary/aromatic N) is 2. The van der Waals surface area contributed by atoms with Gasteiger partial charge < -0.3 is 5.11 Å². The summed E-state index contributed by atoms with van der Waals surface area (Å²) in [5.74, 6) is -1.31. The Kier molecular flexibility index (Phi) is 3.74. The van der Waals surface area contributed by atoms with Gasteiger partial charge in [-0.05, 0) is 25.6 Å². The molecule has 0 bridgehead atoms. The van der Waals surface area contributed by atoms with Gasteiger partial charge in [0.05, 0.1) is 6.20 Å². The van der Waals surface area contributed by atoms with Crippen LogP contribution in [0.2, 0.25) is 0 Å². The SMILES string of the molecule is CC(C(=O)O)N(C)Cc1cncc(F)c1. The first-order valence-electron chi connectivity index (χ1n) is 4.53. The first-order valence-corrected chi connectivity index (χ1v) is 4.53. The number of rotatable bonds is 4. The Hall–Kier alpha value is -1.49. The first kappa shape index (κ1) is 11.6. The lowest BCUT2D eigenvalue weighted by Crippen LogP contribution is -2.35. The topological polar surface area (TPSA) is 53.4 Å². The van der Waals surface area contributed by atoms with Gasteiger partial charge >= 0.3 is 5.97 Å². The van der Waals surface area contributed by atoms with Gasteiger partial charge in [0.25, 0.3) is 0 Å². The van der Waals surface area contributed by atoms with Gasteiger partial charge in [-0.3, -0.25) is 14.7 Å². The number of carboxylic acids is 1. The van der Waals surface area contributed by atoms with E-state index in [1.165, 1.54) is 12.3 Å². The van der Waals surface area contributed by atoms with Crippen molar-refractivity contribution in [3.63, 3.8) is 0 Å². The van der Waals surface area contributed by atoms with Gasteiger partial charge in [-0.1, -0.05) is 0 Å². The number of halogens is 1. The molecule has 0 saturated heterocycles. The van der Waals surface area contributed by atoms with Crippen LogP contribution in [0.1, 0.15) is 12.5 Å². The Morgan fingerprint density at radius 3 is 2.87 bits per heavy atom. The summed E-state index contributed by atoms with van der Waals surface area (Å²) in [6, 6.07) is 0.742. The molecule has 0 saturated carbocycles. The monoisotopic (exact) mass is 212 g/mol. The molecule has 0 spiro atoms. The molecule has 0 fully saturated rings. The molecule has 1 N–H and O–H groups in total. The lowest BCUT2D eigenvalue weighted by Gasteiger charge is -2.20. The van der Waals surface area contributed by atoms with Crippen molar-refractivity contribution in [1.29, 1.82) is 0 Å². The van der Waals surface area contributed by atoms with Crippen molar-refractivity contribution in [2.24, 2.45) is 0 Å². The largest absolute Gasteiger partial charge is 0.480 e. The summed E-state index contributed by atoms with van der Waals surface area (Å²) in [6.07, 6.45) is 2.64. The molecule has 0 aliphatic rings. The fraction of sp³-hybridized carbons (Fsp3) is 0.400. The second-order valence-corrected chi connectivity index (χ2v) is 3.44. The molecule has 1 atom stereocenters. The molecule has 1 unspecified atom stereocenters. The van der Waals surface area contributed by atoms with E-state index in [4.69, 9.17) is 5.11 Å². The van der Waals surface area contributed by atoms with Crippen LogP contribution < -0.4 is 0 Å². The molecule has 82 valence electrons. The number of aromatic nitrogens is 1. The summed E-state index contributed by atoms with van der Waals surface area (Å²) in [6.45, 7) is 1.94. The van der Waals surface area contributed by atoms with Gasteiger partial charge in [0.1, 0.15) is 11.9 Å². The van der Waals surface area contributed by atoms with Crippen molar-refractivity contribution in [3.05, 3.63) is 29.8 Å². The predicted molar refractivity (Wildman–Crippen MR) is 52.8 cm³/mol. The average molecular weight is 212 g/mol. The molecule has 1 heterocycles. The Morgan fingerprint density at radius 2 is 2.33 bits per heavy atom. The quantitative estimate of drug-likeness (QED) is 0.812. The summed E-state index contributed by atoms with van der Waals surface area (Å²) in [5.41, 5.74) is 0.658. The molecule has 15 heavy (non-hydrogen) atoms. The van der Waals surface area contributed by atoms with E-state index in [1.807, 2.05) is 0 Å². The highest BCUT2D eigenvalue weighted by molar-refractivity contribution is 5.72. The van der Waals surface area contributed by atoms with Crippen molar-refractivity contribution < 1.29 is 14.3 Å². The Bertz CT molecular complexity index is 357. The van der Waals surface area contributed by atoms with Crippen LogP contribution in [-0.2, 0) is 11.3 Å². The minimum atomic E-state index is -0.901. The highest BCUT2D eigenvalue weighted by atomic mass is 19.1. The molecule has 5 heteroatoms. The van der Waals surface area contributed by atoms with E-state index in [0.29, 0.717) is 12.1 Å². The molecule has 0 radical (unpaired) electrons. The van der Waals surface area contributed by atoms with Crippen LogP contribution in [-0.4, -0.2) is 34.0 Å². The first-order chi connectivity index (χ1) is 7.00. The highest BCUT2D eigenvalue weighted by Gasteiger charge is 2.16. The number of carbonyl (C=O) groups is 1. The van der Waals surface area contributed by atoms with Crippen molar-refractivity contribution in [2.75, 3.05) is 7.05 Å². The second kappa shape index (κ2) is 4.84. The average Bonchev–Trinajstić information content (AvgIpc) is 2.16. The van der Waals surface area contributed by atoms with E-state index in [9.17, 15) is 9.18 Å². The molecular weight excluding hydrogens is 199 g/mol. The summed E-state index contributed by atoms with van der Waals surface area (Å²) in [5, 5.41) is 8.75. The molecule has 0 aromatic carbocycles. The van der Waals surface area contributed by atoms with E-state index in [-0.39, 0.29) is 0 Å². The van der Waals surface area contributed by atoms with Crippen LogP contribution in [0.3, 0.4) is 0 Å². The number of hydrogen-bond donors (Lipinski definition) is 1. The Labute approximate surface area is 87.4 Å². The zero-order chi connectivity index (χ0) is 11.4.